The molecule has 0 amide bonds. The topological polar surface area (TPSA) is 196 Å². The molecule has 0 bridgehead atoms. The minimum Gasteiger partial charge on any atom is -0.753 e. The molecule has 0 aliphatic heterocycles. The molecule has 0 saturated heterocycles. The Balaban J connectivity index is -0.00000000821. The third-order valence-electron chi connectivity index (χ3n) is 0. The first-order chi connectivity index (χ1) is 5.66. The van der Waals surface area contributed by atoms with Crippen LogP contribution in [0.2, 0.25) is 0 Å². The first-order valence-electron chi connectivity index (χ1n) is 1.71. The maximum Gasteiger partial charge on any atom is 5.00 e. The standard InChI is InChI=1S/4CNS.Cr.3H3N/c4*2-1-3;;;;/h;;;;;3*1H3/q4*-1;+5;;;/p+1. The monoisotopic (exact) mass is 336 g/mol. The molecule has 0 aromatic carbocycles. The molecule has 1 radical (unpaired) electrons. The van der Waals surface area contributed by atoms with Gasteiger partial charge in [0.2, 0.25) is 0 Å². The Kier molecular flexibility index (Phi) is 746. The van der Waals surface area contributed by atoms with Crippen molar-refractivity contribution in [2.75, 3.05) is 0 Å². The summed E-state index contributed by atoms with van der Waals surface area (Å²) in [7, 11) is 0. The Morgan fingerprint density at radius 1 is 0.562 bits per heavy atom. The van der Waals surface area contributed by atoms with E-state index in [0.29, 0.717) is 0 Å². The van der Waals surface area contributed by atoms with E-state index in [1.807, 2.05) is 0 Å². The second-order valence-corrected chi connectivity index (χ2v) is 1.10. The summed E-state index contributed by atoms with van der Waals surface area (Å²) in [5, 5.41) is 33.9. The van der Waals surface area contributed by atoms with Crippen molar-refractivity contribution in [1.29, 1.82) is 0 Å². The van der Waals surface area contributed by atoms with Gasteiger partial charge in [0.25, 0.3) is 0 Å². The van der Waals surface area contributed by atoms with E-state index < -0.39 is 0 Å². The van der Waals surface area contributed by atoms with Crippen molar-refractivity contribution in [1.82, 2.24) is 18.5 Å². The van der Waals surface area contributed by atoms with Gasteiger partial charge in [-0.2, -0.15) is 20.6 Å². The number of quaternary nitrogens is 1. The van der Waals surface area contributed by atoms with Crippen LogP contribution in [0.15, 0.2) is 0 Å². The molecular formula is C4H10CrN7S4+2. The molecule has 0 atom stereocenters. The fourth-order valence-electron chi connectivity index (χ4n) is 0. The summed E-state index contributed by atoms with van der Waals surface area (Å²) in [6, 6.07) is 0. The Bertz CT molecular complexity index is 160. The van der Waals surface area contributed by atoms with Crippen molar-refractivity contribution in [3.8, 4) is 0 Å². The van der Waals surface area contributed by atoms with Crippen molar-refractivity contribution in [3.05, 3.63) is 21.6 Å². The Morgan fingerprint density at radius 2 is 0.562 bits per heavy atom. The maximum atomic E-state index is 7.13. The molecule has 0 heterocycles. The van der Waals surface area contributed by atoms with E-state index in [0.717, 1.165) is 0 Å². The molecule has 0 fully saturated rings. The van der Waals surface area contributed by atoms with Crippen molar-refractivity contribution < 1.29 is 17.4 Å². The first kappa shape index (κ1) is 57.5. The second kappa shape index (κ2) is 207. The zero-order chi connectivity index (χ0) is 10.8. The van der Waals surface area contributed by atoms with E-state index in [-0.39, 0.29) is 35.8 Å². The zero-order valence-electron chi connectivity index (χ0n) is 8.24. The van der Waals surface area contributed by atoms with Crippen LogP contribution >= 0.6 is 48.9 Å². The predicted molar refractivity (Wildman–Crippen MR) is 79.9 cm³/mol. The zero-order valence-corrected chi connectivity index (χ0v) is 12.8. The van der Waals surface area contributed by atoms with Crippen molar-refractivity contribution in [3.63, 3.8) is 0 Å². The summed E-state index contributed by atoms with van der Waals surface area (Å²) in [5.74, 6) is 0. The average Bonchev–Trinajstić information content (AvgIpc) is 1.92. The molecule has 7 nitrogen and oxygen atoms in total. The van der Waals surface area contributed by atoms with Gasteiger partial charge in [-0.05, 0) is 0 Å². The average molecular weight is 336 g/mol. The van der Waals surface area contributed by atoms with Crippen LogP contribution in [0.1, 0.15) is 0 Å². The van der Waals surface area contributed by atoms with Crippen LogP contribution in [-0.2, 0) is 17.4 Å². The van der Waals surface area contributed by atoms with Crippen LogP contribution in [0, 0.1) is 0 Å². The van der Waals surface area contributed by atoms with E-state index >= 15 is 0 Å². The van der Waals surface area contributed by atoms with Gasteiger partial charge >= 0.3 is 17.4 Å². The number of hydrogen-bond donors (Lipinski definition) is 3. The molecule has 0 aliphatic carbocycles. The normalized spacial score (nSPS) is 2.00. The van der Waals surface area contributed by atoms with Crippen LogP contribution < -0.4 is 18.5 Å². The molecule has 0 aromatic heterocycles. The molecule has 89 valence electrons. The summed E-state index contributed by atoms with van der Waals surface area (Å²) in [4.78, 5) is 0. The number of hydrogen-bond acceptors (Lipinski definition) is 6. The summed E-state index contributed by atoms with van der Waals surface area (Å²) in [6.45, 7) is 0. The Morgan fingerprint density at radius 3 is 0.562 bits per heavy atom. The number of isothiocyanates is 4. The molecule has 10 N–H and O–H groups in total. The van der Waals surface area contributed by atoms with Crippen LogP contribution in [0.3, 0.4) is 0 Å². The summed E-state index contributed by atoms with van der Waals surface area (Å²) in [6.07, 6.45) is 0. The summed E-state index contributed by atoms with van der Waals surface area (Å²) < 4.78 is 0. The molecule has 0 saturated carbocycles. The van der Waals surface area contributed by atoms with Crippen molar-refractivity contribution in [2.45, 2.75) is 0 Å². The van der Waals surface area contributed by atoms with Gasteiger partial charge < -0.3 is 40.1 Å². The number of thiocarbonyl (C=S) groups is 4. The molecule has 0 rings (SSSR count). The van der Waals surface area contributed by atoms with Gasteiger partial charge in [-0.25, -0.2) is 0 Å². The fourth-order valence-corrected chi connectivity index (χ4v) is 0. The van der Waals surface area contributed by atoms with E-state index in [9.17, 15) is 0 Å². The van der Waals surface area contributed by atoms with Gasteiger partial charge in [-0.15, -0.1) is 0 Å². The van der Waals surface area contributed by atoms with Crippen LogP contribution in [-0.4, -0.2) is 20.6 Å². The Labute approximate surface area is 126 Å². The van der Waals surface area contributed by atoms with E-state index in [1.54, 1.807) is 0 Å². The van der Waals surface area contributed by atoms with Crippen molar-refractivity contribution >= 4 is 69.5 Å². The second-order valence-electron chi connectivity index (χ2n) is 0.365. The van der Waals surface area contributed by atoms with Crippen LogP contribution in [0.25, 0.3) is 21.6 Å². The van der Waals surface area contributed by atoms with Crippen LogP contribution in [0.5, 0.6) is 0 Å². The minimum absolute atomic E-state index is 0. The largest absolute Gasteiger partial charge is 5.00 e. The molecular weight excluding hydrogens is 326 g/mol. The van der Waals surface area contributed by atoms with Gasteiger partial charge in [0.15, 0.2) is 0 Å². The third-order valence-corrected chi connectivity index (χ3v) is 0. The minimum atomic E-state index is 0. The van der Waals surface area contributed by atoms with Gasteiger partial charge in [0.1, 0.15) is 0 Å². The first-order valence-corrected chi connectivity index (χ1v) is 3.34. The smallest absolute Gasteiger partial charge is 0.753 e. The Hall–Kier alpha value is -0.388. The maximum absolute atomic E-state index is 7.13. The predicted octanol–water partition coefficient (Wildman–Crippen LogP) is 3.33. The molecule has 0 aromatic rings. The van der Waals surface area contributed by atoms with Gasteiger partial charge in [0.05, 0.1) is 0 Å². The van der Waals surface area contributed by atoms with Crippen LogP contribution in [0.4, 0.5) is 0 Å². The molecule has 12 heteroatoms. The third kappa shape index (κ3) is 14400. The van der Waals surface area contributed by atoms with Crippen molar-refractivity contribution in [2.24, 2.45) is 0 Å². The number of rotatable bonds is 0. The SMILES string of the molecule is N.N.[Cr+5].[N-]=C=S.[N-]=C=S.[N-]=C=S.[N-]=C=S.[NH4+]. The molecule has 16 heavy (non-hydrogen) atoms. The van der Waals surface area contributed by atoms with Gasteiger partial charge in [-0.3, -0.25) is 0 Å². The van der Waals surface area contributed by atoms with Gasteiger partial charge in [0, 0.05) is 0 Å². The van der Waals surface area contributed by atoms with E-state index in [4.69, 9.17) is 21.6 Å². The number of nitrogens with zero attached hydrogens (tertiary/aromatic N) is 4. The van der Waals surface area contributed by atoms with Gasteiger partial charge in [-0.1, -0.05) is 48.9 Å². The van der Waals surface area contributed by atoms with E-state index in [2.05, 4.69) is 48.9 Å². The van der Waals surface area contributed by atoms with E-state index in [1.165, 1.54) is 20.6 Å². The summed E-state index contributed by atoms with van der Waals surface area (Å²) >= 11 is 14.8. The molecule has 0 aliphatic rings. The fraction of sp³-hybridized carbons (Fsp3) is 0. The summed E-state index contributed by atoms with van der Waals surface area (Å²) in [5.41, 5.74) is 0. The quantitative estimate of drug-likeness (QED) is 0.447. The molecule has 0 spiro atoms. The molecule has 0 unspecified atom stereocenters.